The Labute approximate surface area is 143 Å². The van der Waals surface area contributed by atoms with Gasteiger partial charge in [0, 0.05) is 10.9 Å². The van der Waals surface area contributed by atoms with Gasteiger partial charge < -0.3 is 19.9 Å². The molecule has 0 aliphatic carbocycles. The second-order valence-corrected chi connectivity index (χ2v) is 6.88. The third kappa shape index (κ3) is 3.08. The van der Waals surface area contributed by atoms with Gasteiger partial charge in [0.1, 0.15) is 23.3 Å². The predicted molar refractivity (Wildman–Crippen MR) is 88.7 cm³/mol. The van der Waals surface area contributed by atoms with Crippen LogP contribution in [0.2, 0.25) is 0 Å². The van der Waals surface area contributed by atoms with Gasteiger partial charge in [-0.05, 0) is 0 Å². The molecule has 7 heteroatoms. The van der Waals surface area contributed by atoms with Gasteiger partial charge in [-0.1, -0.05) is 30.3 Å². The van der Waals surface area contributed by atoms with Crippen LogP contribution in [0.15, 0.2) is 35.7 Å². The molecule has 126 valence electrons. The molecule has 2 fully saturated rings. The Morgan fingerprint density at radius 2 is 2.04 bits per heavy atom. The van der Waals surface area contributed by atoms with Crippen molar-refractivity contribution in [3.8, 4) is 10.6 Å². The summed E-state index contributed by atoms with van der Waals surface area (Å²) in [6.45, 7) is 0.624. The van der Waals surface area contributed by atoms with Crippen molar-refractivity contribution in [3.05, 3.63) is 41.4 Å². The summed E-state index contributed by atoms with van der Waals surface area (Å²) in [4.78, 5) is 16.8. The molecule has 3 heterocycles. The van der Waals surface area contributed by atoms with Crippen LogP contribution >= 0.6 is 11.3 Å². The molecule has 2 aromatic rings. The van der Waals surface area contributed by atoms with Gasteiger partial charge in [0.25, 0.3) is 0 Å². The zero-order valence-corrected chi connectivity index (χ0v) is 13.7. The fraction of sp³-hybridized carbons (Fsp3) is 0.412. The van der Waals surface area contributed by atoms with E-state index in [0.717, 1.165) is 16.3 Å². The lowest BCUT2D eigenvalue weighted by Gasteiger charge is -2.17. The number of rotatable bonds is 4. The lowest BCUT2D eigenvalue weighted by molar-refractivity contribution is -0.121. The smallest absolute Gasteiger partial charge is 0.226 e. The van der Waals surface area contributed by atoms with Crippen LogP contribution in [0.4, 0.5) is 0 Å². The average molecular weight is 346 g/mol. The molecule has 4 rings (SSSR count). The number of nitrogens with one attached hydrogen (secondary N) is 1. The fourth-order valence-electron chi connectivity index (χ4n) is 3.13. The van der Waals surface area contributed by atoms with Gasteiger partial charge in [0.15, 0.2) is 0 Å². The number of aliphatic hydroxyl groups excluding tert-OH is 1. The van der Waals surface area contributed by atoms with Gasteiger partial charge >= 0.3 is 0 Å². The second-order valence-electron chi connectivity index (χ2n) is 6.02. The SMILES string of the molecule is O=C(Cc1csc(-c2ccccc2)n1)N[C@@H]1CO[C@H]2[C@@H]1OC[C@H]2O. The number of aliphatic hydroxyl groups is 1. The van der Waals surface area contributed by atoms with Crippen LogP contribution < -0.4 is 5.32 Å². The maximum atomic E-state index is 12.3. The van der Waals surface area contributed by atoms with E-state index in [1.165, 1.54) is 11.3 Å². The summed E-state index contributed by atoms with van der Waals surface area (Å²) < 4.78 is 11.0. The zero-order chi connectivity index (χ0) is 16.5. The minimum atomic E-state index is -0.608. The van der Waals surface area contributed by atoms with Crippen molar-refractivity contribution < 1.29 is 19.4 Å². The Hall–Kier alpha value is -1.80. The number of amides is 1. The molecular formula is C17H18N2O4S. The number of hydrogen-bond acceptors (Lipinski definition) is 6. The lowest BCUT2D eigenvalue weighted by atomic mass is 10.1. The van der Waals surface area contributed by atoms with E-state index in [1.54, 1.807) is 0 Å². The maximum Gasteiger partial charge on any atom is 0.226 e. The summed E-state index contributed by atoms with van der Waals surface area (Å²) in [5.41, 5.74) is 1.80. The Balaban J connectivity index is 1.36. The molecular weight excluding hydrogens is 328 g/mol. The van der Waals surface area contributed by atoms with Crippen LogP contribution in [0, 0.1) is 0 Å². The summed E-state index contributed by atoms with van der Waals surface area (Å²) >= 11 is 1.53. The molecule has 2 aliphatic heterocycles. The van der Waals surface area contributed by atoms with Gasteiger partial charge in [-0.2, -0.15) is 0 Å². The topological polar surface area (TPSA) is 80.7 Å². The number of thiazole rings is 1. The number of benzene rings is 1. The molecule has 6 nitrogen and oxygen atoms in total. The Kier molecular flexibility index (Phi) is 4.32. The summed E-state index contributed by atoms with van der Waals surface area (Å²) in [7, 11) is 0. The zero-order valence-electron chi connectivity index (χ0n) is 12.9. The molecule has 0 saturated carbocycles. The monoisotopic (exact) mass is 346 g/mol. The molecule has 4 atom stereocenters. The van der Waals surface area contributed by atoms with Crippen LogP contribution in [-0.4, -0.2) is 53.6 Å². The molecule has 1 amide bonds. The van der Waals surface area contributed by atoms with Gasteiger partial charge in [0.05, 0.1) is 31.4 Å². The standard InChI is InChI=1S/C17H18N2O4S/c20-13-8-23-15-12(7-22-16(13)15)19-14(21)6-11-9-24-17(18-11)10-4-2-1-3-5-10/h1-5,9,12-13,15-16,20H,6-8H2,(H,19,21)/t12-,13-,15-,16-/m1/s1. The molecule has 0 unspecified atom stereocenters. The molecule has 0 spiro atoms. The number of carbonyl (C=O) groups is 1. The van der Waals surface area contributed by atoms with Gasteiger partial charge in [-0.25, -0.2) is 4.98 Å². The summed E-state index contributed by atoms with van der Waals surface area (Å²) in [5, 5.41) is 15.5. The van der Waals surface area contributed by atoms with Crippen molar-refractivity contribution in [2.45, 2.75) is 30.8 Å². The number of carbonyl (C=O) groups excluding carboxylic acids is 1. The highest BCUT2D eigenvalue weighted by Gasteiger charge is 2.47. The minimum absolute atomic E-state index is 0.112. The molecule has 1 aromatic heterocycles. The predicted octanol–water partition coefficient (Wildman–Crippen LogP) is 0.996. The van der Waals surface area contributed by atoms with Crippen molar-refractivity contribution in [3.63, 3.8) is 0 Å². The highest BCUT2D eigenvalue weighted by molar-refractivity contribution is 7.13. The van der Waals surface area contributed by atoms with E-state index < -0.39 is 6.10 Å². The van der Waals surface area contributed by atoms with Crippen LogP contribution in [0.5, 0.6) is 0 Å². The molecule has 1 aromatic carbocycles. The molecule has 0 bridgehead atoms. The van der Waals surface area contributed by atoms with Crippen molar-refractivity contribution in [2.24, 2.45) is 0 Å². The Morgan fingerprint density at radius 3 is 2.88 bits per heavy atom. The third-order valence-corrected chi connectivity index (χ3v) is 5.23. The first-order valence-electron chi connectivity index (χ1n) is 7.91. The van der Waals surface area contributed by atoms with Crippen LogP contribution in [0.1, 0.15) is 5.69 Å². The number of hydrogen-bond donors (Lipinski definition) is 2. The Bertz CT molecular complexity index is 720. The van der Waals surface area contributed by atoms with E-state index >= 15 is 0 Å². The molecule has 2 saturated heterocycles. The van der Waals surface area contributed by atoms with Gasteiger partial charge in [0.2, 0.25) is 5.91 Å². The average Bonchev–Trinajstić information content (AvgIpc) is 3.28. The van der Waals surface area contributed by atoms with Crippen LogP contribution in [-0.2, 0) is 20.7 Å². The molecule has 0 radical (unpaired) electrons. The summed E-state index contributed by atoms with van der Waals surface area (Å²) in [6.07, 6.45) is -0.984. The lowest BCUT2D eigenvalue weighted by Crippen LogP contribution is -2.44. The summed E-state index contributed by atoms with van der Waals surface area (Å²) in [5.74, 6) is -0.112. The minimum Gasteiger partial charge on any atom is -0.388 e. The van der Waals surface area contributed by atoms with E-state index in [-0.39, 0.29) is 37.2 Å². The molecule has 24 heavy (non-hydrogen) atoms. The Morgan fingerprint density at radius 1 is 1.25 bits per heavy atom. The maximum absolute atomic E-state index is 12.3. The van der Waals surface area contributed by atoms with E-state index in [2.05, 4.69) is 10.3 Å². The van der Waals surface area contributed by atoms with E-state index in [9.17, 15) is 9.90 Å². The van der Waals surface area contributed by atoms with Crippen molar-refractivity contribution in [1.29, 1.82) is 0 Å². The number of nitrogens with zero attached hydrogens (tertiary/aromatic N) is 1. The van der Waals surface area contributed by atoms with E-state index in [4.69, 9.17) is 9.47 Å². The largest absolute Gasteiger partial charge is 0.388 e. The highest BCUT2D eigenvalue weighted by atomic mass is 32.1. The fourth-order valence-corrected chi connectivity index (χ4v) is 3.95. The normalized spacial score (nSPS) is 28.7. The third-order valence-electron chi connectivity index (χ3n) is 4.29. The number of ether oxygens (including phenoxy) is 2. The van der Waals surface area contributed by atoms with Gasteiger partial charge in [-0.15, -0.1) is 11.3 Å². The van der Waals surface area contributed by atoms with Crippen molar-refractivity contribution in [1.82, 2.24) is 10.3 Å². The number of fused-ring (bicyclic) bond motifs is 1. The quantitative estimate of drug-likeness (QED) is 0.863. The molecule has 2 aliphatic rings. The summed E-state index contributed by atoms with van der Waals surface area (Å²) in [6, 6.07) is 9.69. The first-order valence-corrected chi connectivity index (χ1v) is 8.79. The van der Waals surface area contributed by atoms with E-state index in [0.29, 0.717) is 6.61 Å². The second kappa shape index (κ2) is 6.60. The van der Waals surface area contributed by atoms with Crippen molar-refractivity contribution >= 4 is 17.2 Å². The van der Waals surface area contributed by atoms with Gasteiger partial charge in [-0.3, -0.25) is 4.79 Å². The van der Waals surface area contributed by atoms with E-state index in [1.807, 2.05) is 35.7 Å². The van der Waals surface area contributed by atoms with Crippen molar-refractivity contribution in [2.75, 3.05) is 13.2 Å². The highest BCUT2D eigenvalue weighted by Crippen LogP contribution is 2.27. The first-order chi connectivity index (χ1) is 11.7. The number of aromatic nitrogens is 1. The molecule has 2 N–H and O–H groups in total. The van der Waals surface area contributed by atoms with Crippen LogP contribution in [0.25, 0.3) is 10.6 Å². The first kappa shape index (κ1) is 15.7. The van der Waals surface area contributed by atoms with Crippen LogP contribution in [0.3, 0.4) is 0 Å².